The predicted molar refractivity (Wildman–Crippen MR) is 118 cm³/mol. The number of fused-ring (bicyclic) bond motifs is 1. The zero-order valence-electron chi connectivity index (χ0n) is 16.6. The Balaban J connectivity index is 1.36. The van der Waals surface area contributed by atoms with E-state index < -0.39 is 0 Å². The second kappa shape index (κ2) is 8.93. The minimum Gasteiger partial charge on any atom is -0.355 e. The van der Waals surface area contributed by atoms with Crippen molar-refractivity contribution in [2.45, 2.75) is 32.7 Å². The third-order valence-electron chi connectivity index (χ3n) is 5.60. The van der Waals surface area contributed by atoms with E-state index in [0.717, 1.165) is 36.6 Å². The molecule has 3 heterocycles. The lowest BCUT2D eigenvalue weighted by atomic mass is 10.0. The van der Waals surface area contributed by atoms with Crippen LogP contribution in [-0.2, 0) is 11.3 Å². The molecule has 3 aromatic rings. The predicted octanol–water partition coefficient (Wildman–Crippen LogP) is 4.61. The van der Waals surface area contributed by atoms with E-state index in [-0.39, 0.29) is 5.91 Å². The van der Waals surface area contributed by atoms with Gasteiger partial charge in [-0.15, -0.1) is 11.3 Å². The molecular weight excluding hydrogens is 366 g/mol. The van der Waals surface area contributed by atoms with Gasteiger partial charge in [0.25, 0.3) is 0 Å². The molecule has 1 atom stereocenters. The third-order valence-corrected chi connectivity index (χ3v) is 6.49. The second-order valence-corrected chi connectivity index (χ2v) is 8.85. The summed E-state index contributed by atoms with van der Waals surface area (Å²) in [4.78, 5) is 16.4. The fourth-order valence-corrected chi connectivity index (χ4v) is 4.98. The Kier molecular flexibility index (Phi) is 6.13. The highest BCUT2D eigenvalue weighted by Crippen LogP contribution is 2.31. The number of likely N-dealkylation sites (tertiary alicyclic amines) is 1. The van der Waals surface area contributed by atoms with Crippen LogP contribution >= 0.6 is 11.3 Å². The van der Waals surface area contributed by atoms with Crippen LogP contribution in [0.2, 0.25) is 0 Å². The van der Waals surface area contributed by atoms with Crippen molar-refractivity contribution in [2.24, 2.45) is 5.92 Å². The fourth-order valence-electron chi connectivity index (χ4n) is 4.23. The summed E-state index contributed by atoms with van der Waals surface area (Å²) in [6.07, 6.45) is 3.67. The SMILES string of the molecule is C[C@H]1CCCN(CCCNC(=O)Cn2c(-c3cccs3)cc3ccccc32)C1. The van der Waals surface area contributed by atoms with E-state index in [0.29, 0.717) is 6.54 Å². The van der Waals surface area contributed by atoms with Gasteiger partial charge in [-0.2, -0.15) is 0 Å². The van der Waals surface area contributed by atoms with Crippen molar-refractivity contribution in [1.29, 1.82) is 0 Å². The van der Waals surface area contributed by atoms with Gasteiger partial charge >= 0.3 is 0 Å². The molecule has 4 rings (SSSR count). The molecule has 1 aromatic carbocycles. The van der Waals surface area contributed by atoms with Crippen LogP contribution in [0.4, 0.5) is 0 Å². The smallest absolute Gasteiger partial charge is 0.239 e. The van der Waals surface area contributed by atoms with Gasteiger partial charge in [-0.25, -0.2) is 0 Å². The lowest BCUT2D eigenvalue weighted by Gasteiger charge is -2.30. The number of carbonyl (C=O) groups is 1. The molecule has 1 saturated heterocycles. The van der Waals surface area contributed by atoms with Gasteiger partial charge in [0.15, 0.2) is 0 Å². The van der Waals surface area contributed by atoms with Crippen LogP contribution in [0, 0.1) is 5.92 Å². The van der Waals surface area contributed by atoms with Gasteiger partial charge in [0, 0.05) is 24.0 Å². The Morgan fingerprint density at radius 2 is 2.14 bits per heavy atom. The van der Waals surface area contributed by atoms with E-state index in [1.807, 2.05) is 12.1 Å². The molecule has 0 radical (unpaired) electrons. The molecule has 2 aromatic heterocycles. The van der Waals surface area contributed by atoms with Crippen molar-refractivity contribution >= 4 is 28.1 Å². The van der Waals surface area contributed by atoms with E-state index in [4.69, 9.17) is 0 Å². The first-order valence-corrected chi connectivity index (χ1v) is 11.2. The van der Waals surface area contributed by atoms with Crippen molar-refractivity contribution in [2.75, 3.05) is 26.2 Å². The Hall–Kier alpha value is -2.11. The molecule has 0 unspecified atom stereocenters. The monoisotopic (exact) mass is 395 g/mol. The molecule has 0 bridgehead atoms. The average Bonchev–Trinajstić information content (AvgIpc) is 3.34. The number of nitrogens with zero attached hydrogens (tertiary/aromatic N) is 2. The largest absolute Gasteiger partial charge is 0.355 e. The number of carbonyl (C=O) groups excluding carboxylic acids is 1. The first kappa shape index (κ1) is 19.2. The molecule has 0 spiro atoms. The summed E-state index contributed by atoms with van der Waals surface area (Å²) >= 11 is 1.71. The van der Waals surface area contributed by atoms with Crippen LogP contribution in [0.5, 0.6) is 0 Å². The van der Waals surface area contributed by atoms with Gasteiger partial charge < -0.3 is 14.8 Å². The molecule has 0 aliphatic carbocycles. The number of benzene rings is 1. The quantitative estimate of drug-likeness (QED) is 0.593. The number of aromatic nitrogens is 1. The highest BCUT2D eigenvalue weighted by atomic mass is 32.1. The Bertz CT molecular complexity index is 915. The molecule has 1 aliphatic heterocycles. The molecule has 4 nitrogen and oxygen atoms in total. The Labute approximate surface area is 171 Å². The number of amides is 1. The second-order valence-electron chi connectivity index (χ2n) is 7.90. The average molecular weight is 396 g/mol. The third kappa shape index (κ3) is 4.47. The summed E-state index contributed by atoms with van der Waals surface area (Å²) < 4.78 is 2.14. The Morgan fingerprint density at radius 1 is 1.25 bits per heavy atom. The number of hydrogen-bond donors (Lipinski definition) is 1. The van der Waals surface area contributed by atoms with Crippen molar-refractivity contribution < 1.29 is 4.79 Å². The number of piperidine rings is 1. The summed E-state index contributed by atoms with van der Waals surface area (Å²) in [6.45, 7) is 6.93. The first-order valence-electron chi connectivity index (χ1n) is 10.3. The van der Waals surface area contributed by atoms with Crippen molar-refractivity contribution in [3.63, 3.8) is 0 Å². The van der Waals surface area contributed by atoms with Gasteiger partial charge in [-0.1, -0.05) is 31.2 Å². The lowest BCUT2D eigenvalue weighted by molar-refractivity contribution is -0.121. The normalized spacial score (nSPS) is 17.8. The number of rotatable bonds is 7. The summed E-state index contributed by atoms with van der Waals surface area (Å²) in [6, 6.07) is 14.7. The van der Waals surface area contributed by atoms with Gasteiger partial charge in [0.05, 0.1) is 10.6 Å². The highest BCUT2D eigenvalue weighted by Gasteiger charge is 2.16. The standard InChI is InChI=1S/C23H29N3OS/c1-18-7-4-12-25(16-18)13-6-11-24-23(27)17-26-20-9-3-2-8-19(20)15-21(26)22-10-5-14-28-22/h2-3,5,8-10,14-15,18H,4,6-7,11-13,16-17H2,1H3,(H,24,27)/t18-/m0/s1. The van der Waals surface area contributed by atoms with E-state index in [1.54, 1.807) is 11.3 Å². The number of thiophene rings is 1. The topological polar surface area (TPSA) is 37.3 Å². The number of para-hydroxylation sites is 1. The minimum absolute atomic E-state index is 0.0890. The van der Waals surface area contributed by atoms with Crippen LogP contribution in [0.1, 0.15) is 26.2 Å². The van der Waals surface area contributed by atoms with Crippen LogP contribution < -0.4 is 5.32 Å². The molecule has 28 heavy (non-hydrogen) atoms. The van der Waals surface area contributed by atoms with Gasteiger partial charge in [-0.3, -0.25) is 4.79 Å². The molecule has 1 N–H and O–H groups in total. The molecule has 148 valence electrons. The van der Waals surface area contributed by atoms with Crippen LogP contribution in [0.25, 0.3) is 21.5 Å². The maximum atomic E-state index is 12.6. The Morgan fingerprint density at radius 3 is 2.96 bits per heavy atom. The summed E-state index contributed by atoms with van der Waals surface area (Å²) in [5.41, 5.74) is 2.23. The van der Waals surface area contributed by atoms with E-state index in [1.165, 1.54) is 36.2 Å². The maximum Gasteiger partial charge on any atom is 0.239 e. The van der Waals surface area contributed by atoms with Crippen LogP contribution in [0.15, 0.2) is 47.8 Å². The molecule has 0 saturated carbocycles. The van der Waals surface area contributed by atoms with E-state index in [2.05, 4.69) is 57.4 Å². The number of nitrogens with one attached hydrogen (secondary N) is 1. The van der Waals surface area contributed by atoms with Crippen molar-refractivity contribution in [3.8, 4) is 10.6 Å². The molecule has 5 heteroatoms. The lowest BCUT2D eigenvalue weighted by Crippen LogP contribution is -2.37. The zero-order chi connectivity index (χ0) is 19.3. The van der Waals surface area contributed by atoms with Gasteiger partial charge in [-0.05, 0) is 61.8 Å². The molecule has 1 amide bonds. The molecule has 1 aliphatic rings. The van der Waals surface area contributed by atoms with Crippen LogP contribution in [0.3, 0.4) is 0 Å². The van der Waals surface area contributed by atoms with Crippen molar-refractivity contribution in [1.82, 2.24) is 14.8 Å². The van der Waals surface area contributed by atoms with E-state index >= 15 is 0 Å². The zero-order valence-corrected chi connectivity index (χ0v) is 17.4. The summed E-state index contributed by atoms with van der Waals surface area (Å²) in [5.74, 6) is 0.896. The van der Waals surface area contributed by atoms with Gasteiger partial charge in [0.1, 0.15) is 6.54 Å². The van der Waals surface area contributed by atoms with Crippen LogP contribution in [-0.4, -0.2) is 41.6 Å². The maximum absolute atomic E-state index is 12.6. The van der Waals surface area contributed by atoms with Gasteiger partial charge in [0.2, 0.25) is 5.91 Å². The van der Waals surface area contributed by atoms with E-state index in [9.17, 15) is 4.79 Å². The summed E-state index contributed by atoms with van der Waals surface area (Å²) in [5, 5.41) is 6.39. The van der Waals surface area contributed by atoms with Crippen molar-refractivity contribution in [3.05, 3.63) is 47.8 Å². The minimum atomic E-state index is 0.0890. The number of hydrogen-bond acceptors (Lipinski definition) is 3. The molecule has 1 fully saturated rings. The fraction of sp³-hybridized carbons (Fsp3) is 0.435. The summed E-state index contributed by atoms with van der Waals surface area (Å²) in [7, 11) is 0. The first-order chi connectivity index (χ1) is 13.7. The molecular formula is C23H29N3OS. The highest BCUT2D eigenvalue weighted by molar-refractivity contribution is 7.13.